The van der Waals surface area contributed by atoms with Crippen molar-refractivity contribution in [3.05, 3.63) is 77.9 Å². The van der Waals surface area contributed by atoms with Gasteiger partial charge >= 0.3 is 12.2 Å². The van der Waals surface area contributed by atoms with E-state index in [1.807, 2.05) is 6.92 Å². The van der Waals surface area contributed by atoms with Crippen molar-refractivity contribution < 1.29 is 45.8 Å². The smallest absolute Gasteiger partial charge is 0.416 e. The summed E-state index contributed by atoms with van der Waals surface area (Å²) in [7, 11) is -1.01. The third kappa shape index (κ3) is 8.73. The number of amides is 3. The zero-order valence-corrected chi connectivity index (χ0v) is 27.1. The first-order chi connectivity index (χ1) is 22.1. The fourth-order valence-corrected chi connectivity index (χ4v) is 6.22. The number of nitrogens with zero attached hydrogens (tertiary/aromatic N) is 2. The number of alkyl halides is 3. The number of halogens is 3. The van der Waals surface area contributed by atoms with Gasteiger partial charge in [-0.05, 0) is 73.7 Å². The van der Waals surface area contributed by atoms with Gasteiger partial charge in [0.15, 0.2) is 0 Å². The van der Waals surface area contributed by atoms with Gasteiger partial charge in [0.1, 0.15) is 17.6 Å². The average Bonchev–Trinajstić information content (AvgIpc) is 3.07. The molecule has 1 aliphatic rings. The van der Waals surface area contributed by atoms with Crippen LogP contribution in [0.1, 0.15) is 25.0 Å². The highest BCUT2D eigenvalue weighted by molar-refractivity contribution is 7.89. The molecule has 0 unspecified atom stereocenters. The van der Waals surface area contributed by atoms with E-state index >= 15 is 0 Å². The molecule has 3 N–H and O–H groups in total. The number of rotatable bonds is 9. The summed E-state index contributed by atoms with van der Waals surface area (Å²) in [5.74, 6) is 0.122. The molecule has 3 aromatic carbocycles. The first-order valence-electron chi connectivity index (χ1n) is 14.7. The van der Waals surface area contributed by atoms with Crippen molar-refractivity contribution in [3.8, 4) is 11.5 Å². The Bertz CT molecular complexity index is 1670. The van der Waals surface area contributed by atoms with E-state index in [9.17, 15) is 36.3 Å². The number of carbonyl (C=O) groups excluding carboxylic acids is 2. The van der Waals surface area contributed by atoms with Gasteiger partial charge in [-0.2, -0.15) is 17.5 Å². The maximum Gasteiger partial charge on any atom is 0.416 e. The van der Waals surface area contributed by atoms with Crippen LogP contribution in [0.4, 0.5) is 29.3 Å². The molecule has 3 atom stereocenters. The highest BCUT2D eigenvalue weighted by atomic mass is 32.2. The average molecular weight is 679 g/mol. The maximum atomic E-state index is 13.5. The van der Waals surface area contributed by atoms with Crippen LogP contribution in [0, 0.1) is 5.92 Å². The lowest BCUT2D eigenvalue weighted by molar-refractivity contribution is -0.137. The summed E-state index contributed by atoms with van der Waals surface area (Å²) in [6.07, 6.45) is -5.38. The molecule has 0 saturated heterocycles. The molecule has 1 heterocycles. The van der Waals surface area contributed by atoms with E-state index < -0.39 is 39.9 Å². The van der Waals surface area contributed by atoms with Crippen molar-refractivity contribution in [1.82, 2.24) is 9.21 Å². The van der Waals surface area contributed by atoms with E-state index in [4.69, 9.17) is 9.47 Å². The first kappa shape index (κ1) is 35.5. The normalized spacial score (nSPS) is 17.9. The predicted molar refractivity (Wildman–Crippen MR) is 169 cm³/mol. The molecule has 4 rings (SSSR count). The van der Waals surface area contributed by atoms with E-state index in [1.54, 1.807) is 25.1 Å². The molecule has 0 aliphatic carbocycles. The second-order valence-electron chi connectivity index (χ2n) is 11.3. The van der Waals surface area contributed by atoms with Gasteiger partial charge in [0.25, 0.3) is 0 Å². The molecule has 11 nitrogen and oxygen atoms in total. The van der Waals surface area contributed by atoms with Crippen molar-refractivity contribution in [3.63, 3.8) is 0 Å². The first-order valence-corrected chi connectivity index (χ1v) is 16.1. The third-order valence-corrected chi connectivity index (χ3v) is 9.69. The summed E-state index contributed by atoms with van der Waals surface area (Å²) >= 11 is 0. The quantitative estimate of drug-likeness (QED) is 0.295. The SMILES string of the molecule is COc1ccc(S(=O)(=O)N(C)C[C@@H]2Oc3ccc(NC(=O)Nc4ccc(C(F)(F)F)cc4)cc3CC(=O)N([C@@H](C)CO)C[C@@H]2C)cc1. The van der Waals surface area contributed by atoms with Crippen LogP contribution in [0.5, 0.6) is 11.5 Å². The Balaban J connectivity index is 1.58. The molecule has 3 aromatic rings. The number of urea groups is 1. The van der Waals surface area contributed by atoms with Crippen molar-refractivity contribution >= 4 is 33.3 Å². The minimum atomic E-state index is -4.51. The number of benzene rings is 3. The number of aliphatic hydroxyl groups is 1. The fourth-order valence-electron chi connectivity index (χ4n) is 5.04. The summed E-state index contributed by atoms with van der Waals surface area (Å²) in [5, 5.41) is 15.0. The molecule has 3 amide bonds. The molecule has 0 radical (unpaired) electrons. The zero-order valence-electron chi connectivity index (χ0n) is 26.2. The number of carbonyl (C=O) groups is 2. The largest absolute Gasteiger partial charge is 0.497 e. The number of sulfonamides is 1. The minimum absolute atomic E-state index is 0.0629. The molecule has 15 heteroatoms. The van der Waals surface area contributed by atoms with Crippen molar-refractivity contribution in [2.24, 2.45) is 5.92 Å². The number of fused-ring (bicyclic) bond motifs is 1. The molecule has 47 heavy (non-hydrogen) atoms. The molecule has 0 aromatic heterocycles. The number of aliphatic hydroxyl groups excluding tert-OH is 1. The van der Waals surface area contributed by atoms with E-state index in [2.05, 4.69) is 10.6 Å². The maximum absolute atomic E-state index is 13.5. The number of nitrogens with one attached hydrogen (secondary N) is 2. The highest BCUT2D eigenvalue weighted by Crippen LogP contribution is 2.31. The summed E-state index contributed by atoms with van der Waals surface area (Å²) in [4.78, 5) is 27.7. The van der Waals surface area contributed by atoms with Crippen LogP contribution >= 0.6 is 0 Å². The number of methoxy groups -OCH3 is 1. The van der Waals surface area contributed by atoms with Crippen LogP contribution < -0.4 is 20.1 Å². The van der Waals surface area contributed by atoms with Gasteiger partial charge in [-0.3, -0.25) is 4.79 Å². The molecule has 0 saturated carbocycles. The van der Waals surface area contributed by atoms with Gasteiger partial charge in [-0.15, -0.1) is 0 Å². The molecule has 0 spiro atoms. The molecular formula is C32H37F3N4O7S. The van der Waals surface area contributed by atoms with E-state index in [-0.39, 0.29) is 54.2 Å². The van der Waals surface area contributed by atoms with E-state index in [1.165, 1.54) is 47.6 Å². The lowest BCUT2D eigenvalue weighted by atomic mass is 10.0. The van der Waals surface area contributed by atoms with Crippen molar-refractivity contribution in [1.29, 1.82) is 0 Å². The van der Waals surface area contributed by atoms with Crippen LogP contribution in [-0.2, 0) is 27.4 Å². The monoisotopic (exact) mass is 678 g/mol. The Labute approximate surface area is 271 Å². The molecule has 0 bridgehead atoms. The Kier molecular flexibility index (Phi) is 11.0. The Hall–Kier alpha value is -4.34. The Morgan fingerprint density at radius 1 is 1.09 bits per heavy atom. The fraction of sp³-hybridized carbons (Fsp3) is 0.375. The highest BCUT2D eigenvalue weighted by Gasteiger charge is 2.34. The Morgan fingerprint density at radius 2 is 1.70 bits per heavy atom. The van der Waals surface area contributed by atoms with Gasteiger partial charge in [-0.25, -0.2) is 13.2 Å². The van der Waals surface area contributed by atoms with Crippen molar-refractivity contribution in [2.45, 2.75) is 43.5 Å². The number of hydrogen-bond acceptors (Lipinski definition) is 7. The number of ether oxygens (including phenoxy) is 2. The third-order valence-electron chi connectivity index (χ3n) is 7.85. The topological polar surface area (TPSA) is 138 Å². The van der Waals surface area contributed by atoms with Gasteiger partial charge in [0.2, 0.25) is 15.9 Å². The molecule has 0 fully saturated rings. The summed E-state index contributed by atoms with van der Waals surface area (Å²) in [6.45, 7) is 3.34. The second-order valence-corrected chi connectivity index (χ2v) is 13.4. The molecule has 254 valence electrons. The van der Waals surface area contributed by atoms with Crippen LogP contribution in [0.15, 0.2) is 71.6 Å². The minimum Gasteiger partial charge on any atom is -0.497 e. The van der Waals surface area contributed by atoms with Crippen LogP contribution in [0.2, 0.25) is 0 Å². The number of likely N-dealkylation sites (N-methyl/N-ethyl adjacent to an activating group) is 1. The number of anilines is 2. The standard InChI is InChI=1S/C32H37F3N4O7S/c1-20-17-39(21(2)19-40)30(41)16-22-15-25(37-31(42)36-24-7-5-23(6-8-24)32(33,34)35)9-14-28(22)46-29(20)18-38(3)47(43,44)27-12-10-26(45-4)11-13-27/h5-15,20-21,29,40H,16-19H2,1-4H3,(H2,36,37,42)/t20-,21-,29-/m0/s1. The zero-order chi connectivity index (χ0) is 34.5. The van der Waals surface area contributed by atoms with Gasteiger partial charge < -0.3 is 30.1 Å². The van der Waals surface area contributed by atoms with Gasteiger partial charge in [0.05, 0.1) is 43.2 Å². The predicted octanol–water partition coefficient (Wildman–Crippen LogP) is 4.83. The lowest BCUT2D eigenvalue weighted by Crippen LogP contribution is -2.48. The number of hydrogen-bond donors (Lipinski definition) is 3. The van der Waals surface area contributed by atoms with Gasteiger partial charge in [0, 0.05) is 36.4 Å². The van der Waals surface area contributed by atoms with Crippen molar-refractivity contribution in [2.75, 3.05) is 44.5 Å². The molecular weight excluding hydrogens is 641 g/mol. The van der Waals surface area contributed by atoms with Gasteiger partial charge in [-0.1, -0.05) is 6.92 Å². The van der Waals surface area contributed by atoms with E-state index in [0.29, 0.717) is 17.1 Å². The van der Waals surface area contributed by atoms with E-state index in [0.717, 1.165) is 24.3 Å². The van der Waals surface area contributed by atoms with Crippen LogP contribution in [-0.4, -0.2) is 80.7 Å². The summed E-state index contributed by atoms with van der Waals surface area (Å²) < 4.78 is 78.2. The summed E-state index contributed by atoms with van der Waals surface area (Å²) in [5.41, 5.74) is -0.0463. The van der Waals surface area contributed by atoms with Crippen LogP contribution in [0.25, 0.3) is 0 Å². The van der Waals surface area contributed by atoms with Crippen LogP contribution in [0.3, 0.4) is 0 Å². The second kappa shape index (κ2) is 14.6. The lowest BCUT2D eigenvalue weighted by Gasteiger charge is -2.33. The summed E-state index contributed by atoms with van der Waals surface area (Å²) in [6, 6.07) is 13.3. The Morgan fingerprint density at radius 3 is 2.30 bits per heavy atom. The molecule has 1 aliphatic heterocycles.